The van der Waals surface area contributed by atoms with Crippen molar-refractivity contribution in [2.24, 2.45) is 5.84 Å². The van der Waals surface area contributed by atoms with E-state index in [1.165, 1.54) is 12.1 Å². The van der Waals surface area contributed by atoms with Gasteiger partial charge in [0.25, 0.3) is 0 Å². The van der Waals surface area contributed by atoms with Gasteiger partial charge in [-0.15, -0.1) is 0 Å². The summed E-state index contributed by atoms with van der Waals surface area (Å²) in [7, 11) is 0. The van der Waals surface area contributed by atoms with E-state index in [9.17, 15) is 10.1 Å². The first-order valence-corrected chi connectivity index (χ1v) is 3.60. The third-order valence-corrected chi connectivity index (χ3v) is 1.74. The number of hydrazine groups is 1. The molecule has 14 heavy (non-hydrogen) atoms. The summed E-state index contributed by atoms with van der Waals surface area (Å²) in [5, 5.41) is 17.6. The van der Waals surface area contributed by atoms with Crippen LogP contribution >= 0.6 is 0 Å². The number of nitrogens with one attached hydrogen (secondary N) is 1. The van der Waals surface area contributed by atoms with Crippen molar-refractivity contribution in [3.05, 3.63) is 22.2 Å². The van der Waals surface area contributed by atoms with E-state index in [2.05, 4.69) is 20.4 Å². The van der Waals surface area contributed by atoms with Gasteiger partial charge < -0.3 is 5.43 Å². The quantitative estimate of drug-likeness (QED) is 0.404. The molecule has 8 heteroatoms. The first-order chi connectivity index (χ1) is 6.74. The average Bonchev–Trinajstić information content (AvgIpc) is 2.62. The van der Waals surface area contributed by atoms with Gasteiger partial charge in [-0.1, -0.05) is 0 Å². The molecule has 1 heterocycles. The van der Waals surface area contributed by atoms with Crippen LogP contribution in [0.3, 0.4) is 0 Å². The number of aromatic nitrogens is 2. The molecule has 3 N–H and O–H groups in total. The molecule has 0 aliphatic rings. The standard InChI is InChI=1S/C6H5N5O3/c7-8-4-2-1-3-5(10-14-9-3)6(4)11(12)13/h1-2,8H,7H2. The Hall–Kier alpha value is -2.22. The number of benzene rings is 1. The summed E-state index contributed by atoms with van der Waals surface area (Å²) < 4.78 is 4.38. The summed E-state index contributed by atoms with van der Waals surface area (Å²) >= 11 is 0. The van der Waals surface area contributed by atoms with Crippen molar-refractivity contribution in [3.8, 4) is 0 Å². The predicted molar refractivity (Wildman–Crippen MR) is 46.3 cm³/mol. The van der Waals surface area contributed by atoms with Crippen LogP contribution in [0.25, 0.3) is 11.0 Å². The minimum Gasteiger partial charge on any atom is -0.318 e. The number of nitrogens with two attached hydrogens (primary N) is 1. The lowest BCUT2D eigenvalue weighted by atomic mass is 10.2. The minimum absolute atomic E-state index is 0.0745. The third-order valence-electron chi connectivity index (χ3n) is 1.74. The highest BCUT2D eigenvalue weighted by Crippen LogP contribution is 2.30. The van der Waals surface area contributed by atoms with E-state index >= 15 is 0 Å². The van der Waals surface area contributed by atoms with Gasteiger partial charge in [0, 0.05) is 0 Å². The molecule has 0 aliphatic heterocycles. The van der Waals surface area contributed by atoms with Crippen molar-refractivity contribution in [1.29, 1.82) is 0 Å². The van der Waals surface area contributed by atoms with E-state index in [0.29, 0.717) is 5.52 Å². The highest BCUT2D eigenvalue weighted by Gasteiger charge is 2.21. The first kappa shape index (κ1) is 8.38. The molecule has 0 spiro atoms. The Labute approximate surface area is 76.8 Å². The third kappa shape index (κ3) is 1.05. The van der Waals surface area contributed by atoms with Crippen LogP contribution in [-0.2, 0) is 0 Å². The minimum atomic E-state index is -0.596. The van der Waals surface area contributed by atoms with E-state index < -0.39 is 4.92 Å². The Morgan fingerprint density at radius 1 is 1.50 bits per heavy atom. The fraction of sp³-hybridized carbons (Fsp3) is 0. The van der Waals surface area contributed by atoms with Crippen LogP contribution in [0.1, 0.15) is 0 Å². The zero-order valence-electron chi connectivity index (χ0n) is 6.80. The number of nitro benzene ring substituents is 1. The molecule has 1 aromatic carbocycles. The van der Waals surface area contributed by atoms with Crippen molar-refractivity contribution in [3.63, 3.8) is 0 Å². The summed E-state index contributed by atoms with van der Waals surface area (Å²) in [5.74, 6) is 5.11. The Morgan fingerprint density at radius 3 is 2.93 bits per heavy atom. The van der Waals surface area contributed by atoms with Crippen molar-refractivity contribution in [2.75, 3.05) is 5.43 Å². The predicted octanol–water partition coefficient (Wildman–Crippen LogP) is 0.417. The van der Waals surface area contributed by atoms with Crippen LogP contribution in [0, 0.1) is 10.1 Å². The Morgan fingerprint density at radius 2 is 2.29 bits per heavy atom. The lowest BCUT2D eigenvalue weighted by Gasteiger charge is -1.99. The van der Waals surface area contributed by atoms with Gasteiger partial charge in [0.1, 0.15) is 11.2 Å². The molecule has 0 fully saturated rings. The van der Waals surface area contributed by atoms with Crippen molar-refractivity contribution in [2.45, 2.75) is 0 Å². The van der Waals surface area contributed by atoms with Crippen LogP contribution < -0.4 is 11.3 Å². The maximum absolute atomic E-state index is 10.7. The molecule has 2 rings (SSSR count). The molecule has 0 amide bonds. The van der Waals surface area contributed by atoms with Gasteiger partial charge in [0.2, 0.25) is 5.52 Å². The van der Waals surface area contributed by atoms with E-state index in [0.717, 1.165) is 0 Å². The molecular weight excluding hydrogens is 190 g/mol. The smallest absolute Gasteiger partial charge is 0.318 e. The molecule has 0 aliphatic carbocycles. The van der Waals surface area contributed by atoms with Crippen LogP contribution in [0.4, 0.5) is 11.4 Å². The highest BCUT2D eigenvalue weighted by molar-refractivity contribution is 5.90. The normalized spacial score (nSPS) is 10.4. The summed E-state index contributed by atoms with van der Waals surface area (Å²) in [6, 6.07) is 2.96. The number of hydrogen-bond acceptors (Lipinski definition) is 7. The molecule has 8 nitrogen and oxygen atoms in total. The van der Waals surface area contributed by atoms with Crippen LogP contribution in [0.15, 0.2) is 16.8 Å². The Kier molecular flexibility index (Phi) is 1.75. The maximum Gasteiger partial charge on any atom is 0.324 e. The molecule has 0 atom stereocenters. The topological polar surface area (TPSA) is 120 Å². The number of anilines is 1. The summed E-state index contributed by atoms with van der Waals surface area (Å²) in [6.07, 6.45) is 0. The second-order valence-electron chi connectivity index (χ2n) is 2.50. The summed E-state index contributed by atoms with van der Waals surface area (Å²) in [6.45, 7) is 0. The maximum atomic E-state index is 10.7. The van der Waals surface area contributed by atoms with Crippen LogP contribution in [-0.4, -0.2) is 15.2 Å². The second kappa shape index (κ2) is 2.92. The van der Waals surface area contributed by atoms with Crippen LogP contribution in [0.5, 0.6) is 0 Å². The molecule has 0 bridgehead atoms. The number of rotatable bonds is 2. The molecule has 0 radical (unpaired) electrons. The fourth-order valence-corrected chi connectivity index (χ4v) is 1.14. The Bertz CT molecular complexity index is 493. The first-order valence-electron chi connectivity index (χ1n) is 3.60. The molecule has 0 unspecified atom stereocenters. The van der Waals surface area contributed by atoms with Gasteiger partial charge in [-0.3, -0.25) is 16.0 Å². The van der Waals surface area contributed by atoms with Gasteiger partial charge in [-0.05, 0) is 22.4 Å². The summed E-state index contributed by atoms with van der Waals surface area (Å²) in [4.78, 5) is 10.1. The van der Waals surface area contributed by atoms with Gasteiger partial charge >= 0.3 is 5.69 Å². The zero-order chi connectivity index (χ0) is 10.1. The van der Waals surface area contributed by atoms with Crippen molar-refractivity contribution in [1.82, 2.24) is 10.3 Å². The lowest BCUT2D eigenvalue weighted by Crippen LogP contribution is -2.09. The van der Waals surface area contributed by atoms with Crippen molar-refractivity contribution >= 4 is 22.4 Å². The largest absolute Gasteiger partial charge is 0.324 e. The van der Waals surface area contributed by atoms with E-state index in [1.54, 1.807) is 0 Å². The second-order valence-corrected chi connectivity index (χ2v) is 2.50. The molecule has 0 saturated carbocycles. The molecule has 2 aromatic rings. The SMILES string of the molecule is NNc1ccc2nonc2c1[N+](=O)[O-]. The monoisotopic (exact) mass is 195 g/mol. The Balaban J connectivity index is 2.82. The van der Waals surface area contributed by atoms with Crippen LogP contribution in [0.2, 0.25) is 0 Å². The number of hydrogen-bond donors (Lipinski definition) is 2. The van der Waals surface area contributed by atoms with Gasteiger partial charge in [0.15, 0.2) is 0 Å². The molecule has 1 aromatic heterocycles. The number of fused-ring (bicyclic) bond motifs is 1. The fourth-order valence-electron chi connectivity index (χ4n) is 1.14. The zero-order valence-corrected chi connectivity index (χ0v) is 6.80. The van der Waals surface area contributed by atoms with Crippen molar-refractivity contribution < 1.29 is 9.55 Å². The number of nitrogens with zero attached hydrogens (tertiary/aromatic N) is 3. The van der Waals surface area contributed by atoms with Gasteiger partial charge in [-0.2, -0.15) is 0 Å². The highest BCUT2D eigenvalue weighted by atomic mass is 16.6. The van der Waals surface area contributed by atoms with E-state index in [4.69, 9.17) is 5.84 Å². The van der Waals surface area contributed by atoms with Gasteiger partial charge in [-0.25, -0.2) is 4.63 Å². The number of nitrogen functional groups attached to an aromatic ring is 1. The molecule has 72 valence electrons. The van der Waals surface area contributed by atoms with E-state index in [-0.39, 0.29) is 16.9 Å². The van der Waals surface area contributed by atoms with Gasteiger partial charge in [0.05, 0.1) is 4.92 Å². The lowest BCUT2D eigenvalue weighted by molar-refractivity contribution is -0.382. The number of nitro groups is 1. The molecular formula is C6H5N5O3. The van der Waals surface area contributed by atoms with E-state index in [1.807, 2.05) is 0 Å². The average molecular weight is 195 g/mol. The summed E-state index contributed by atoms with van der Waals surface area (Å²) in [5.41, 5.74) is 2.52. The molecule has 0 saturated heterocycles.